The number of aliphatic imine (C=N–C) groups is 1. The van der Waals surface area contributed by atoms with Crippen molar-refractivity contribution in [1.29, 1.82) is 0 Å². The van der Waals surface area contributed by atoms with Crippen LogP contribution in [0, 0.1) is 5.92 Å². The van der Waals surface area contributed by atoms with Gasteiger partial charge in [-0.1, -0.05) is 6.42 Å². The van der Waals surface area contributed by atoms with Crippen molar-refractivity contribution in [3.63, 3.8) is 0 Å². The van der Waals surface area contributed by atoms with Crippen LogP contribution >= 0.6 is 24.0 Å². The Kier molecular flexibility index (Phi) is 7.26. The van der Waals surface area contributed by atoms with Crippen molar-refractivity contribution >= 4 is 29.9 Å². The van der Waals surface area contributed by atoms with E-state index in [2.05, 4.69) is 25.0 Å². The Morgan fingerprint density at radius 1 is 0.880 bits per heavy atom. The molecular formula is C19H36IN5. The second-order valence-electron chi connectivity index (χ2n) is 8.29. The normalized spacial score (nSPS) is 32.0. The highest BCUT2D eigenvalue weighted by Gasteiger charge is 2.35. The van der Waals surface area contributed by atoms with Gasteiger partial charge in [-0.2, -0.15) is 0 Å². The standard InChI is InChI=1S/C19H35N5.HI/c1-20-19(21-13-16-7-11-23(14-16)17-5-6-17)24-12-8-18(15-24)22-9-3-2-4-10-22;/h16-18H,2-15H2,1H3,(H,20,21);1H. The maximum atomic E-state index is 4.58. The third-order valence-electron chi connectivity index (χ3n) is 6.51. The lowest BCUT2D eigenvalue weighted by atomic mass is 10.1. The van der Waals surface area contributed by atoms with Crippen LogP contribution < -0.4 is 5.32 Å². The first-order chi connectivity index (χ1) is 11.8. The third-order valence-corrected chi connectivity index (χ3v) is 6.51. The van der Waals surface area contributed by atoms with E-state index < -0.39 is 0 Å². The minimum Gasteiger partial charge on any atom is -0.356 e. The lowest BCUT2D eigenvalue weighted by Crippen LogP contribution is -2.45. The van der Waals surface area contributed by atoms with Gasteiger partial charge in [-0.15, -0.1) is 24.0 Å². The molecule has 2 atom stereocenters. The number of likely N-dealkylation sites (tertiary alicyclic amines) is 3. The van der Waals surface area contributed by atoms with Crippen molar-refractivity contribution in [2.45, 2.75) is 57.0 Å². The molecule has 1 saturated carbocycles. The van der Waals surface area contributed by atoms with Gasteiger partial charge in [0, 0.05) is 45.3 Å². The average molecular weight is 461 g/mol. The summed E-state index contributed by atoms with van der Waals surface area (Å²) < 4.78 is 0. The number of guanidine groups is 1. The Morgan fingerprint density at radius 3 is 2.40 bits per heavy atom. The van der Waals surface area contributed by atoms with E-state index in [4.69, 9.17) is 0 Å². The molecule has 4 aliphatic rings. The van der Waals surface area contributed by atoms with Crippen LogP contribution in [0.5, 0.6) is 0 Å². The number of piperidine rings is 1. The molecule has 4 fully saturated rings. The molecule has 2 unspecified atom stereocenters. The Labute approximate surface area is 170 Å². The summed E-state index contributed by atoms with van der Waals surface area (Å²) in [5.74, 6) is 1.95. The Balaban J connectivity index is 0.00000182. The van der Waals surface area contributed by atoms with Crippen molar-refractivity contribution < 1.29 is 0 Å². The molecule has 0 bridgehead atoms. The first kappa shape index (κ1) is 19.7. The van der Waals surface area contributed by atoms with Gasteiger partial charge in [0.1, 0.15) is 0 Å². The monoisotopic (exact) mass is 461 g/mol. The van der Waals surface area contributed by atoms with E-state index in [1.165, 1.54) is 84.2 Å². The molecular weight excluding hydrogens is 425 g/mol. The van der Waals surface area contributed by atoms with Gasteiger partial charge in [0.05, 0.1) is 0 Å². The van der Waals surface area contributed by atoms with Gasteiger partial charge >= 0.3 is 0 Å². The number of hydrogen-bond acceptors (Lipinski definition) is 3. The minimum absolute atomic E-state index is 0. The van der Waals surface area contributed by atoms with Gasteiger partial charge in [-0.25, -0.2) is 0 Å². The highest BCUT2D eigenvalue weighted by atomic mass is 127. The number of nitrogens with zero attached hydrogens (tertiary/aromatic N) is 4. The molecule has 3 saturated heterocycles. The molecule has 1 aliphatic carbocycles. The molecule has 25 heavy (non-hydrogen) atoms. The van der Waals surface area contributed by atoms with Crippen LogP contribution in [-0.4, -0.2) is 85.6 Å². The molecule has 0 aromatic heterocycles. The first-order valence-electron chi connectivity index (χ1n) is 10.3. The zero-order valence-electron chi connectivity index (χ0n) is 15.8. The molecule has 3 heterocycles. The second kappa shape index (κ2) is 9.22. The largest absolute Gasteiger partial charge is 0.356 e. The molecule has 0 aromatic carbocycles. The van der Waals surface area contributed by atoms with Crippen LogP contribution in [0.4, 0.5) is 0 Å². The smallest absolute Gasteiger partial charge is 0.193 e. The summed E-state index contributed by atoms with van der Waals surface area (Å²) >= 11 is 0. The van der Waals surface area contributed by atoms with E-state index in [1.807, 2.05) is 7.05 Å². The van der Waals surface area contributed by atoms with Gasteiger partial charge in [0.15, 0.2) is 5.96 Å². The summed E-state index contributed by atoms with van der Waals surface area (Å²) in [7, 11) is 1.95. The number of hydrogen-bond donors (Lipinski definition) is 1. The number of nitrogens with one attached hydrogen (secondary N) is 1. The van der Waals surface area contributed by atoms with E-state index in [0.717, 1.165) is 30.5 Å². The maximum absolute atomic E-state index is 4.58. The summed E-state index contributed by atoms with van der Waals surface area (Å²) in [5.41, 5.74) is 0. The lowest BCUT2D eigenvalue weighted by Gasteiger charge is -2.32. The van der Waals surface area contributed by atoms with E-state index in [9.17, 15) is 0 Å². The SMILES string of the molecule is CN=C(NCC1CCN(C2CC2)C1)N1CCC(N2CCCCC2)C1.I. The van der Waals surface area contributed by atoms with Gasteiger partial charge in [0.2, 0.25) is 0 Å². The molecule has 144 valence electrons. The molecule has 0 spiro atoms. The average Bonchev–Trinajstić information content (AvgIpc) is 3.17. The van der Waals surface area contributed by atoms with Crippen LogP contribution in [0.1, 0.15) is 44.9 Å². The predicted molar refractivity (Wildman–Crippen MR) is 115 cm³/mol. The second-order valence-corrected chi connectivity index (χ2v) is 8.29. The number of halogens is 1. The van der Waals surface area contributed by atoms with Gasteiger partial charge in [-0.05, 0) is 64.1 Å². The fourth-order valence-electron chi connectivity index (χ4n) is 4.88. The van der Waals surface area contributed by atoms with Crippen LogP contribution in [0.2, 0.25) is 0 Å². The maximum Gasteiger partial charge on any atom is 0.193 e. The summed E-state index contributed by atoms with van der Waals surface area (Å²) in [6.07, 6.45) is 9.75. The van der Waals surface area contributed by atoms with E-state index >= 15 is 0 Å². The fraction of sp³-hybridized carbons (Fsp3) is 0.947. The van der Waals surface area contributed by atoms with E-state index in [1.54, 1.807) is 0 Å². The highest BCUT2D eigenvalue weighted by Crippen LogP contribution is 2.31. The third kappa shape index (κ3) is 5.01. The lowest BCUT2D eigenvalue weighted by molar-refractivity contribution is 0.168. The molecule has 0 amide bonds. The molecule has 6 heteroatoms. The van der Waals surface area contributed by atoms with Crippen LogP contribution in [-0.2, 0) is 0 Å². The van der Waals surface area contributed by atoms with Crippen molar-refractivity contribution in [2.24, 2.45) is 10.9 Å². The quantitative estimate of drug-likeness (QED) is 0.396. The molecule has 1 N–H and O–H groups in total. The van der Waals surface area contributed by atoms with Gasteiger partial charge < -0.3 is 15.1 Å². The summed E-state index contributed by atoms with van der Waals surface area (Å²) in [6, 6.07) is 1.68. The van der Waals surface area contributed by atoms with Crippen LogP contribution in [0.3, 0.4) is 0 Å². The van der Waals surface area contributed by atoms with E-state index in [-0.39, 0.29) is 24.0 Å². The van der Waals surface area contributed by atoms with Gasteiger partial charge in [0.25, 0.3) is 0 Å². The Morgan fingerprint density at radius 2 is 1.68 bits per heavy atom. The fourth-order valence-corrected chi connectivity index (χ4v) is 4.88. The molecule has 5 nitrogen and oxygen atoms in total. The number of rotatable bonds is 4. The molecule has 3 aliphatic heterocycles. The van der Waals surface area contributed by atoms with E-state index in [0.29, 0.717) is 0 Å². The first-order valence-corrected chi connectivity index (χ1v) is 10.3. The summed E-state index contributed by atoms with van der Waals surface area (Å²) in [5, 5.41) is 3.69. The molecule has 0 radical (unpaired) electrons. The Bertz CT molecular complexity index is 447. The van der Waals surface area contributed by atoms with Crippen molar-refractivity contribution in [3.8, 4) is 0 Å². The zero-order valence-corrected chi connectivity index (χ0v) is 18.2. The minimum atomic E-state index is 0. The van der Waals surface area contributed by atoms with Crippen LogP contribution in [0.25, 0.3) is 0 Å². The molecule has 4 rings (SSSR count). The summed E-state index contributed by atoms with van der Waals surface area (Å²) in [4.78, 5) is 12.5. The Hall–Kier alpha value is -0.0800. The van der Waals surface area contributed by atoms with Crippen LogP contribution in [0.15, 0.2) is 4.99 Å². The van der Waals surface area contributed by atoms with Crippen molar-refractivity contribution in [1.82, 2.24) is 20.0 Å². The molecule has 0 aromatic rings. The van der Waals surface area contributed by atoms with Gasteiger partial charge in [-0.3, -0.25) is 9.89 Å². The predicted octanol–water partition coefficient (Wildman–Crippen LogP) is 2.22. The van der Waals surface area contributed by atoms with Crippen molar-refractivity contribution in [2.75, 3.05) is 52.9 Å². The zero-order chi connectivity index (χ0) is 16.4. The van der Waals surface area contributed by atoms with Crippen molar-refractivity contribution in [3.05, 3.63) is 0 Å². The summed E-state index contributed by atoms with van der Waals surface area (Å²) in [6.45, 7) is 8.66. The topological polar surface area (TPSA) is 34.1 Å². The highest BCUT2D eigenvalue weighted by molar-refractivity contribution is 14.0.